The molecule has 0 N–H and O–H groups in total. The van der Waals surface area contributed by atoms with E-state index in [9.17, 15) is 0 Å². The number of hydrogen-bond acceptors (Lipinski definition) is 4. The maximum absolute atomic E-state index is 8.89. The van der Waals surface area contributed by atoms with Gasteiger partial charge in [0.25, 0.3) is 0 Å². The second-order valence-corrected chi connectivity index (χ2v) is 6.35. The number of nitrogens with zero attached hydrogens (tertiary/aromatic N) is 2. The Morgan fingerprint density at radius 2 is 1.77 bits per heavy atom. The van der Waals surface area contributed by atoms with Crippen molar-refractivity contribution in [3.05, 3.63) is 24.3 Å². The molecule has 0 amide bonds. The van der Waals surface area contributed by atoms with Crippen LogP contribution in [-0.4, -0.2) is 37.2 Å². The van der Waals surface area contributed by atoms with Crippen LogP contribution in [0.3, 0.4) is 0 Å². The highest BCUT2D eigenvalue weighted by molar-refractivity contribution is 5.31. The molecule has 2 fully saturated rings. The van der Waals surface area contributed by atoms with Gasteiger partial charge in [-0.2, -0.15) is 5.26 Å². The molecule has 2 saturated heterocycles. The summed E-state index contributed by atoms with van der Waals surface area (Å²) in [5.74, 6) is 2.36. The van der Waals surface area contributed by atoms with Crippen LogP contribution >= 0.6 is 0 Å². The molecule has 2 bridgehead atoms. The third kappa shape index (κ3) is 3.36. The first-order valence-electron chi connectivity index (χ1n) is 8.19. The highest BCUT2D eigenvalue weighted by Gasteiger charge is 2.40. The van der Waals surface area contributed by atoms with Gasteiger partial charge in [-0.05, 0) is 55.9 Å². The maximum atomic E-state index is 8.89. The van der Waals surface area contributed by atoms with E-state index in [4.69, 9.17) is 14.7 Å². The van der Waals surface area contributed by atoms with Gasteiger partial charge in [-0.1, -0.05) is 0 Å². The zero-order valence-electron chi connectivity index (χ0n) is 13.2. The van der Waals surface area contributed by atoms with Gasteiger partial charge in [-0.3, -0.25) is 4.90 Å². The second kappa shape index (κ2) is 7.02. The quantitative estimate of drug-likeness (QED) is 0.809. The van der Waals surface area contributed by atoms with Gasteiger partial charge in [0, 0.05) is 25.0 Å². The smallest absolute Gasteiger partial charge is 0.119 e. The Morgan fingerprint density at radius 3 is 2.36 bits per heavy atom. The summed E-state index contributed by atoms with van der Waals surface area (Å²) in [4.78, 5) is 2.61. The molecule has 0 radical (unpaired) electrons. The summed E-state index contributed by atoms with van der Waals surface area (Å²) < 4.78 is 11.0. The zero-order chi connectivity index (χ0) is 15.4. The number of nitriles is 1. The molecule has 2 aliphatic heterocycles. The molecule has 4 nitrogen and oxygen atoms in total. The largest absolute Gasteiger partial charge is 0.497 e. The van der Waals surface area contributed by atoms with Crippen molar-refractivity contribution in [2.45, 2.75) is 44.2 Å². The molecule has 118 valence electrons. The molecule has 1 aromatic rings. The summed E-state index contributed by atoms with van der Waals surface area (Å²) in [6.07, 6.45) is 5.67. The average molecular weight is 300 g/mol. The first kappa shape index (κ1) is 15.2. The van der Waals surface area contributed by atoms with E-state index in [0.717, 1.165) is 31.1 Å². The molecule has 0 saturated carbocycles. The Balaban J connectivity index is 1.47. The molecule has 0 aromatic heterocycles. The fourth-order valence-electron chi connectivity index (χ4n) is 3.99. The minimum Gasteiger partial charge on any atom is -0.497 e. The van der Waals surface area contributed by atoms with E-state index >= 15 is 0 Å². The van der Waals surface area contributed by atoms with Crippen LogP contribution in [0, 0.1) is 17.2 Å². The molecule has 0 aliphatic carbocycles. The van der Waals surface area contributed by atoms with Crippen molar-refractivity contribution < 1.29 is 9.47 Å². The van der Waals surface area contributed by atoms with E-state index in [2.05, 4.69) is 11.0 Å². The Morgan fingerprint density at radius 1 is 1.14 bits per heavy atom. The zero-order valence-corrected chi connectivity index (χ0v) is 13.2. The molecule has 3 rings (SSSR count). The lowest BCUT2D eigenvalue weighted by atomic mass is 9.89. The minimum absolute atomic E-state index is 0.612. The van der Waals surface area contributed by atoms with Crippen LogP contribution in [-0.2, 0) is 0 Å². The van der Waals surface area contributed by atoms with Gasteiger partial charge in [-0.25, -0.2) is 0 Å². The van der Waals surface area contributed by atoms with E-state index in [1.54, 1.807) is 7.11 Å². The highest BCUT2D eigenvalue weighted by Crippen LogP contribution is 2.39. The van der Waals surface area contributed by atoms with Crippen molar-refractivity contribution >= 4 is 0 Å². The molecule has 2 unspecified atom stereocenters. The summed E-state index contributed by atoms with van der Waals surface area (Å²) >= 11 is 0. The lowest BCUT2D eigenvalue weighted by Crippen LogP contribution is -2.44. The average Bonchev–Trinajstić information content (AvgIpc) is 2.78. The summed E-state index contributed by atoms with van der Waals surface area (Å²) in [5, 5.41) is 8.89. The number of fused-ring (bicyclic) bond motifs is 2. The lowest BCUT2D eigenvalue weighted by Gasteiger charge is -2.38. The Hall–Kier alpha value is -1.73. The molecular formula is C18H24N2O2. The Labute approximate surface area is 132 Å². The normalized spacial score (nSPS) is 27.4. The van der Waals surface area contributed by atoms with E-state index < -0.39 is 0 Å². The van der Waals surface area contributed by atoms with Gasteiger partial charge in [-0.15, -0.1) is 0 Å². The van der Waals surface area contributed by atoms with Gasteiger partial charge in [0.2, 0.25) is 0 Å². The lowest BCUT2D eigenvalue weighted by molar-refractivity contribution is 0.0880. The molecule has 22 heavy (non-hydrogen) atoms. The highest BCUT2D eigenvalue weighted by atomic mass is 16.5. The minimum atomic E-state index is 0.612. The van der Waals surface area contributed by atoms with Crippen LogP contribution in [0.15, 0.2) is 24.3 Å². The van der Waals surface area contributed by atoms with Gasteiger partial charge in [0.1, 0.15) is 18.1 Å². The predicted octanol–water partition coefficient (Wildman–Crippen LogP) is 3.23. The standard InChI is InChI=1S/C18H24N2O2/c1-21-17-4-6-18(7-5-17)22-11-10-20-15-2-3-16(20)13-14(12-15)8-9-19/h4-7,14-16H,2-3,8,10-13H2,1H3. The molecule has 2 aliphatic rings. The number of hydrogen-bond donors (Lipinski definition) is 0. The second-order valence-electron chi connectivity index (χ2n) is 6.35. The van der Waals surface area contributed by atoms with Crippen LogP contribution in [0.1, 0.15) is 32.1 Å². The SMILES string of the molecule is COc1ccc(OCCN2C3CCC2CC(CC#N)C3)cc1. The van der Waals surface area contributed by atoms with Crippen LogP contribution in [0.25, 0.3) is 0 Å². The summed E-state index contributed by atoms with van der Waals surface area (Å²) in [7, 11) is 1.67. The van der Waals surface area contributed by atoms with Crippen molar-refractivity contribution in [2.75, 3.05) is 20.3 Å². The van der Waals surface area contributed by atoms with Crippen molar-refractivity contribution in [3.8, 4) is 17.6 Å². The van der Waals surface area contributed by atoms with Gasteiger partial charge in [0.15, 0.2) is 0 Å². The van der Waals surface area contributed by atoms with E-state index in [-0.39, 0.29) is 0 Å². The summed E-state index contributed by atoms with van der Waals surface area (Å²) in [6, 6.07) is 11.4. The van der Waals surface area contributed by atoms with E-state index in [1.165, 1.54) is 25.7 Å². The number of benzene rings is 1. The van der Waals surface area contributed by atoms with Crippen LogP contribution in [0.4, 0.5) is 0 Å². The fraction of sp³-hybridized carbons (Fsp3) is 0.611. The summed E-state index contributed by atoms with van der Waals surface area (Å²) in [6.45, 7) is 1.71. The number of piperidine rings is 1. The maximum Gasteiger partial charge on any atom is 0.119 e. The van der Waals surface area contributed by atoms with Gasteiger partial charge < -0.3 is 9.47 Å². The molecule has 4 heteroatoms. The molecule has 0 spiro atoms. The van der Waals surface area contributed by atoms with Crippen LogP contribution in [0.2, 0.25) is 0 Å². The monoisotopic (exact) mass is 300 g/mol. The van der Waals surface area contributed by atoms with Crippen molar-refractivity contribution in [1.82, 2.24) is 4.90 Å². The van der Waals surface area contributed by atoms with Crippen molar-refractivity contribution in [3.63, 3.8) is 0 Å². The van der Waals surface area contributed by atoms with Crippen molar-refractivity contribution in [2.24, 2.45) is 5.92 Å². The fourth-order valence-corrected chi connectivity index (χ4v) is 3.99. The van der Waals surface area contributed by atoms with Crippen LogP contribution in [0.5, 0.6) is 11.5 Å². The molecule has 2 atom stereocenters. The first-order valence-corrected chi connectivity index (χ1v) is 8.19. The predicted molar refractivity (Wildman–Crippen MR) is 85.0 cm³/mol. The number of ether oxygens (including phenoxy) is 2. The molecule has 2 heterocycles. The Bertz CT molecular complexity index is 509. The topological polar surface area (TPSA) is 45.5 Å². The van der Waals surface area contributed by atoms with Crippen LogP contribution < -0.4 is 9.47 Å². The summed E-state index contributed by atoms with van der Waals surface area (Å²) in [5.41, 5.74) is 0. The van der Waals surface area contributed by atoms with Crippen molar-refractivity contribution in [1.29, 1.82) is 5.26 Å². The molecular weight excluding hydrogens is 276 g/mol. The van der Waals surface area contributed by atoms with E-state index in [0.29, 0.717) is 18.0 Å². The van der Waals surface area contributed by atoms with E-state index in [1.807, 2.05) is 24.3 Å². The van der Waals surface area contributed by atoms with Gasteiger partial charge >= 0.3 is 0 Å². The number of methoxy groups -OCH3 is 1. The number of rotatable bonds is 6. The van der Waals surface area contributed by atoms with Gasteiger partial charge in [0.05, 0.1) is 13.2 Å². The molecule has 1 aromatic carbocycles. The third-order valence-corrected chi connectivity index (χ3v) is 5.04. The Kier molecular flexibility index (Phi) is 4.84. The first-order chi connectivity index (χ1) is 10.8. The third-order valence-electron chi connectivity index (χ3n) is 5.04.